The van der Waals surface area contributed by atoms with Crippen LogP contribution in [0.15, 0.2) is 24.7 Å². The molecule has 2 aromatic heterocycles. The van der Waals surface area contributed by atoms with E-state index in [1.54, 1.807) is 0 Å². The summed E-state index contributed by atoms with van der Waals surface area (Å²) in [6.45, 7) is 0. The second kappa shape index (κ2) is 3.80. The molecule has 0 aliphatic rings. The highest BCUT2D eigenvalue weighted by Crippen LogP contribution is 2.26. The van der Waals surface area contributed by atoms with E-state index in [4.69, 9.17) is 0 Å². The van der Waals surface area contributed by atoms with Crippen LogP contribution in [0.3, 0.4) is 0 Å². The number of rotatable bonds is 1. The first-order valence-electron chi connectivity index (χ1n) is 5.02. The van der Waals surface area contributed by atoms with E-state index < -0.39 is 17.5 Å². The van der Waals surface area contributed by atoms with E-state index in [0.717, 1.165) is 6.07 Å². The van der Waals surface area contributed by atoms with Gasteiger partial charge in [-0.1, -0.05) is 0 Å². The molecule has 0 bridgehead atoms. The lowest BCUT2D eigenvalue weighted by molar-refractivity contribution is -0.344. The van der Waals surface area contributed by atoms with Crippen LogP contribution in [-0.2, 0) is 0 Å². The zero-order valence-electron chi connectivity index (χ0n) is 8.84. The number of nitrogens with one attached hydrogen (secondary N) is 2. The minimum Gasteiger partial charge on any atom is -0.242 e. The molecule has 0 atom stereocenters. The highest BCUT2D eigenvalue weighted by Gasteiger charge is 2.18. The summed E-state index contributed by atoms with van der Waals surface area (Å²) in [6, 6.07) is 1.24. The molecule has 2 heterocycles. The molecule has 0 saturated carbocycles. The average molecular weight is 251 g/mol. The van der Waals surface area contributed by atoms with Crippen molar-refractivity contribution in [1.29, 1.82) is 0 Å². The number of hydrogen-bond acceptors (Lipinski definition) is 2. The number of aromatic amines is 2. The quantitative estimate of drug-likeness (QED) is 0.671. The maximum Gasteiger partial charge on any atom is 0.240 e. The zero-order valence-corrected chi connectivity index (χ0v) is 8.84. The van der Waals surface area contributed by atoms with Crippen molar-refractivity contribution < 1.29 is 18.2 Å². The summed E-state index contributed by atoms with van der Waals surface area (Å²) in [5.74, 6) is -3.28. The van der Waals surface area contributed by atoms with Gasteiger partial charge in [-0.3, -0.25) is 0 Å². The molecular formula is C11H6F3N4+. The predicted molar refractivity (Wildman–Crippen MR) is 55.8 cm³/mol. The Balaban J connectivity index is 2.32. The number of hydrogen-bond donors (Lipinski definition) is 1. The van der Waals surface area contributed by atoms with Gasteiger partial charge in [-0.05, 0) is 6.07 Å². The Kier molecular flexibility index (Phi) is 2.26. The number of aromatic nitrogens is 4. The van der Waals surface area contributed by atoms with Gasteiger partial charge in [-0.25, -0.2) is 23.1 Å². The van der Waals surface area contributed by atoms with Crippen molar-refractivity contribution in [2.24, 2.45) is 0 Å². The van der Waals surface area contributed by atoms with Crippen LogP contribution in [0.1, 0.15) is 0 Å². The van der Waals surface area contributed by atoms with E-state index in [0.29, 0.717) is 17.1 Å². The predicted octanol–water partition coefficient (Wildman–Crippen LogP) is 1.86. The number of imidazole rings is 1. The normalized spacial score (nSPS) is 11.1. The van der Waals surface area contributed by atoms with Gasteiger partial charge in [0.25, 0.3) is 0 Å². The topological polar surface area (TPSA) is 55.7 Å². The third-order valence-electron chi connectivity index (χ3n) is 2.56. The van der Waals surface area contributed by atoms with Gasteiger partial charge in [0, 0.05) is 11.6 Å². The number of fused-ring (bicyclic) bond motifs is 1. The van der Waals surface area contributed by atoms with Gasteiger partial charge in [0.15, 0.2) is 17.2 Å². The molecule has 18 heavy (non-hydrogen) atoms. The molecule has 0 fully saturated rings. The summed E-state index contributed by atoms with van der Waals surface area (Å²) < 4.78 is 39.7. The maximum absolute atomic E-state index is 13.7. The molecule has 90 valence electrons. The number of H-pyrrole nitrogens is 2. The summed E-state index contributed by atoms with van der Waals surface area (Å²) in [5, 5.41) is 7.42. The van der Waals surface area contributed by atoms with Gasteiger partial charge in [0.05, 0.1) is 0 Å². The first-order valence-corrected chi connectivity index (χ1v) is 5.02. The van der Waals surface area contributed by atoms with Crippen molar-refractivity contribution >= 4 is 11.0 Å². The second-order valence-electron chi connectivity index (χ2n) is 3.66. The molecule has 0 saturated heterocycles. The zero-order chi connectivity index (χ0) is 12.7. The first-order chi connectivity index (χ1) is 8.66. The second-order valence-corrected chi connectivity index (χ2v) is 3.66. The molecule has 0 amide bonds. The van der Waals surface area contributed by atoms with Gasteiger partial charge in [-0.2, -0.15) is 5.10 Å². The van der Waals surface area contributed by atoms with Crippen LogP contribution >= 0.6 is 0 Å². The van der Waals surface area contributed by atoms with E-state index >= 15 is 0 Å². The fourth-order valence-corrected chi connectivity index (χ4v) is 1.72. The SMILES string of the molecule is Fc1cc(F)c(-c2nncc3[nH]c[nH+]c23)cc1F. The van der Waals surface area contributed by atoms with Crippen LogP contribution in [0, 0.1) is 17.5 Å². The van der Waals surface area contributed by atoms with Crippen LogP contribution in [0.2, 0.25) is 0 Å². The average Bonchev–Trinajstić information content (AvgIpc) is 2.82. The number of halogens is 3. The number of benzene rings is 1. The minimum atomic E-state index is -1.24. The highest BCUT2D eigenvalue weighted by atomic mass is 19.2. The Morgan fingerprint density at radius 3 is 2.67 bits per heavy atom. The molecule has 3 aromatic rings. The first kappa shape index (κ1) is 10.7. The molecule has 0 unspecified atom stereocenters. The lowest BCUT2D eigenvalue weighted by Gasteiger charge is -2.02. The summed E-state index contributed by atoms with van der Waals surface area (Å²) in [6.07, 6.45) is 2.95. The number of nitrogens with zero attached hydrogens (tertiary/aromatic N) is 2. The van der Waals surface area contributed by atoms with Gasteiger partial charge in [0.1, 0.15) is 17.7 Å². The van der Waals surface area contributed by atoms with E-state index in [2.05, 4.69) is 20.2 Å². The van der Waals surface area contributed by atoms with Gasteiger partial charge in [0.2, 0.25) is 11.8 Å². The smallest absolute Gasteiger partial charge is 0.240 e. The van der Waals surface area contributed by atoms with Crippen LogP contribution in [0.5, 0.6) is 0 Å². The van der Waals surface area contributed by atoms with Crippen LogP contribution in [0.25, 0.3) is 22.3 Å². The largest absolute Gasteiger partial charge is 0.242 e. The fraction of sp³-hybridized carbons (Fsp3) is 0. The standard InChI is InChI=1S/C11H5F3N4/c12-6-2-8(14)7(13)1-5(6)10-11-9(3-17-18-10)15-4-16-11/h1-4H,(H,15,16)/p+1. The van der Waals surface area contributed by atoms with Crippen molar-refractivity contribution in [3.63, 3.8) is 0 Å². The molecule has 7 heteroatoms. The van der Waals surface area contributed by atoms with Gasteiger partial charge in [-0.15, -0.1) is 5.10 Å². The van der Waals surface area contributed by atoms with Crippen molar-refractivity contribution in [3.8, 4) is 11.3 Å². The van der Waals surface area contributed by atoms with Crippen LogP contribution in [-0.4, -0.2) is 15.2 Å². The Hall–Kier alpha value is -2.44. The third kappa shape index (κ3) is 1.52. The Morgan fingerprint density at radius 1 is 1.06 bits per heavy atom. The van der Waals surface area contributed by atoms with Crippen molar-refractivity contribution in [1.82, 2.24) is 15.2 Å². The summed E-state index contributed by atoms with van der Waals surface area (Å²) >= 11 is 0. The molecule has 2 N–H and O–H groups in total. The van der Waals surface area contributed by atoms with Crippen LogP contribution in [0.4, 0.5) is 13.2 Å². The highest BCUT2D eigenvalue weighted by molar-refractivity contribution is 5.85. The molecule has 0 aliphatic heterocycles. The van der Waals surface area contributed by atoms with Crippen molar-refractivity contribution in [2.45, 2.75) is 0 Å². The lowest BCUT2D eigenvalue weighted by atomic mass is 10.1. The molecule has 4 nitrogen and oxygen atoms in total. The van der Waals surface area contributed by atoms with E-state index in [1.807, 2.05) is 0 Å². The summed E-state index contributed by atoms with van der Waals surface area (Å²) in [5.41, 5.74) is 1.02. The minimum absolute atomic E-state index is 0.116. The molecular weight excluding hydrogens is 245 g/mol. The lowest BCUT2D eigenvalue weighted by Crippen LogP contribution is -2.02. The van der Waals surface area contributed by atoms with E-state index in [1.165, 1.54) is 12.5 Å². The molecule has 0 spiro atoms. The molecule has 3 rings (SSSR count). The van der Waals surface area contributed by atoms with Crippen molar-refractivity contribution in [3.05, 3.63) is 42.1 Å². The monoisotopic (exact) mass is 251 g/mol. The maximum atomic E-state index is 13.7. The Labute approximate surface area is 98.5 Å². The van der Waals surface area contributed by atoms with Crippen molar-refractivity contribution in [2.75, 3.05) is 0 Å². The van der Waals surface area contributed by atoms with E-state index in [-0.39, 0.29) is 11.3 Å². The molecule has 0 aliphatic carbocycles. The van der Waals surface area contributed by atoms with Gasteiger partial charge < -0.3 is 0 Å². The molecule has 1 aromatic carbocycles. The Morgan fingerprint density at radius 2 is 1.83 bits per heavy atom. The molecule has 0 radical (unpaired) electrons. The third-order valence-corrected chi connectivity index (χ3v) is 2.56. The van der Waals surface area contributed by atoms with Crippen LogP contribution < -0.4 is 4.98 Å². The Bertz CT molecular complexity index is 738. The summed E-state index contributed by atoms with van der Waals surface area (Å²) in [7, 11) is 0. The summed E-state index contributed by atoms with van der Waals surface area (Å²) in [4.78, 5) is 5.63. The fourth-order valence-electron chi connectivity index (χ4n) is 1.72. The van der Waals surface area contributed by atoms with Gasteiger partial charge >= 0.3 is 0 Å². The van der Waals surface area contributed by atoms with E-state index in [9.17, 15) is 13.2 Å².